The first kappa shape index (κ1) is 34.8. The number of hydrogen-bond acceptors (Lipinski definition) is 7. The number of Topliss-reactive ketones (excluding diaryl/α,β-unsaturated/α-hetero) is 1. The first-order valence-corrected chi connectivity index (χ1v) is 19.0. The highest BCUT2D eigenvalue weighted by Crippen LogP contribution is 2.41. The van der Waals surface area contributed by atoms with E-state index >= 15 is 0 Å². The minimum absolute atomic E-state index is 0.0859. The fourth-order valence-corrected chi connectivity index (χ4v) is 8.97. The molecule has 8 nitrogen and oxygen atoms in total. The number of ketones is 1. The van der Waals surface area contributed by atoms with Crippen LogP contribution in [0.4, 0.5) is 15.8 Å². The van der Waals surface area contributed by atoms with Gasteiger partial charge in [0.05, 0.1) is 19.9 Å². The maximum atomic E-state index is 14.5. The summed E-state index contributed by atoms with van der Waals surface area (Å²) in [4.78, 5) is 35.8. The molecule has 4 heterocycles. The third-order valence-electron chi connectivity index (χ3n) is 12.0. The van der Waals surface area contributed by atoms with Crippen LogP contribution in [0.25, 0.3) is 10.8 Å². The summed E-state index contributed by atoms with van der Waals surface area (Å²) in [5.74, 6) is -0.258. The number of para-hydroxylation sites is 1. The maximum Gasteiger partial charge on any atom is 0.250 e. The number of nitrogens with zero attached hydrogens (tertiary/aromatic N) is 4. The molecule has 4 fully saturated rings. The lowest BCUT2D eigenvalue weighted by atomic mass is 9.85. The van der Waals surface area contributed by atoms with E-state index in [9.17, 15) is 14.0 Å². The van der Waals surface area contributed by atoms with Crippen molar-refractivity contribution in [1.82, 2.24) is 9.80 Å². The molecule has 1 spiro atoms. The number of fused-ring (bicyclic) bond motifs is 1. The largest absolute Gasteiger partial charge is 0.371 e. The van der Waals surface area contributed by atoms with Crippen molar-refractivity contribution in [3.8, 4) is 0 Å². The number of carbonyl (C=O) groups excluding carboxylic acids is 2. The van der Waals surface area contributed by atoms with Gasteiger partial charge in [0.2, 0.25) is 5.91 Å². The van der Waals surface area contributed by atoms with E-state index in [1.54, 1.807) is 19.1 Å². The molecular formula is C43H49FN4O4. The van der Waals surface area contributed by atoms with E-state index in [0.29, 0.717) is 32.2 Å². The van der Waals surface area contributed by atoms with E-state index in [4.69, 9.17) is 9.47 Å². The van der Waals surface area contributed by atoms with Crippen LogP contribution < -0.4 is 9.80 Å². The third-order valence-corrected chi connectivity index (χ3v) is 12.0. The Morgan fingerprint density at radius 1 is 0.827 bits per heavy atom. The van der Waals surface area contributed by atoms with Gasteiger partial charge in [-0.15, -0.1) is 0 Å². The molecule has 8 rings (SSSR count). The van der Waals surface area contributed by atoms with Gasteiger partial charge >= 0.3 is 0 Å². The summed E-state index contributed by atoms with van der Waals surface area (Å²) in [5.41, 5.74) is 3.41. The van der Waals surface area contributed by atoms with E-state index in [1.165, 1.54) is 17.8 Å². The van der Waals surface area contributed by atoms with Crippen molar-refractivity contribution in [3.05, 3.63) is 108 Å². The molecular weight excluding hydrogens is 655 g/mol. The van der Waals surface area contributed by atoms with Gasteiger partial charge in [0.1, 0.15) is 11.4 Å². The normalized spacial score (nSPS) is 20.7. The fraction of sp³-hybridized carbons (Fsp3) is 0.442. The highest BCUT2D eigenvalue weighted by molar-refractivity contribution is 5.99. The van der Waals surface area contributed by atoms with Gasteiger partial charge in [-0.05, 0) is 105 Å². The van der Waals surface area contributed by atoms with Crippen LogP contribution in [0.1, 0.15) is 61.4 Å². The molecule has 9 heteroatoms. The Morgan fingerprint density at radius 3 is 2.23 bits per heavy atom. The van der Waals surface area contributed by atoms with Crippen LogP contribution in [0, 0.1) is 11.7 Å². The molecule has 0 atom stereocenters. The summed E-state index contributed by atoms with van der Waals surface area (Å²) in [6, 6.07) is 29.4. The summed E-state index contributed by atoms with van der Waals surface area (Å²) < 4.78 is 25.8. The average molecular weight is 705 g/mol. The third kappa shape index (κ3) is 6.82. The van der Waals surface area contributed by atoms with Gasteiger partial charge < -0.3 is 29.1 Å². The van der Waals surface area contributed by atoms with Gasteiger partial charge in [-0.1, -0.05) is 48.5 Å². The smallest absolute Gasteiger partial charge is 0.250 e. The zero-order chi connectivity index (χ0) is 35.7. The van der Waals surface area contributed by atoms with E-state index in [0.717, 1.165) is 99.0 Å². The van der Waals surface area contributed by atoms with Crippen molar-refractivity contribution in [2.24, 2.45) is 5.92 Å². The van der Waals surface area contributed by atoms with E-state index < -0.39 is 11.3 Å². The van der Waals surface area contributed by atoms with Crippen LogP contribution in [0.15, 0.2) is 91.0 Å². The van der Waals surface area contributed by atoms with Gasteiger partial charge in [-0.25, -0.2) is 4.39 Å². The zero-order valence-corrected chi connectivity index (χ0v) is 30.1. The number of carbonyl (C=O) groups is 2. The van der Waals surface area contributed by atoms with E-state index in [-0.39, 0.29) is 17.5 Å². The van der Waals surface area contributed by atoms with Crippen LogP contribution in [0.3, 0.4) is 0 Å². The molecule has 4 aliphatic heterocycles. The summed E-state index contributed by atoms with van der Waals surface area (Å²) in [5, 5.41) is 2.24. The van der Waals surface area contributed by atoms with Crippen molar-refractivity contribution in [1.29, 1.82) is 0 Å². The van der Waals surface area contributed by atoms with Crippen LogP contribution >= 0.6 is 0 Å². The SMILES string of the molecule is CC(=O)c1ccc2cc(N3CCC(CN4CN(c5ccccc5)C5(CCN(CCCC6(c7ccc(F)cc7)OCCO6)CC5)C4=O)CC3)ccc2c1. The van der Waals surface area contributed by atoms with Crippen molar-refractivity contribution >= 4 is 33.8 Å². The highest BCUT2D eigenvalue weighted by Gasteiger charge is 2.54. The summed E-state index contributed by atoms with van der Waals surface area (Å²) in [7, 11) is 0. The Balaban J connectivity index is 0.889. The first-order chi connectivity index (χ1) is 25.3. The predicted molar refractivity (Wildman–Crippen MR) is 202 cm³/mol. The second-order valence-corrected chi connectivity index (χ2v) is 15.1. The fourth-order valence-electron chi connectivity index (χ4n) is 8.97. The predicted octanol–water partition coefficient (Wildman–Crippen LogP) is 7.22. The molecule has 0 unspecified atom stereocenters. The lowest BCUT2D eigenvalue weighted by Gasteiger charge is -2.43. The average Bonchev–Trinajstić information content (AvgIpc) is 3.76. The molecule has 4 aromatic rings. The second kappa shape index (κ2) is 14.6. The first-order valence-electron chi connectivity index (χ1n) is 19.0. The van der Waals surface area contributed by atoms with Crippen LogP contribution in [0.2, 0.25) is 0 Å². The lowest BCUT2D eigenvalue weighted by molar-refractivity contribution is -0.172. The van der Waals surface area contributed by atoms with Crippen molar-refractivity contribution in [2.75, 3.05) is 69.0 Å². The van der Waals surface area contributed by atoms with Crippen LogP contribution in [0.5, 0.6) is 0 Å². The topological polar surface area (TPSA) is 65.6 Å². The van der Waals surface area contributed by atoms with E-state index in [1.807, 2.05) is 24.3 Å². The summed E-state index contributed by atoms with van der Waals surface area (Å²) in [6.07, 6.45) is 5.26. The minimum atomic E-state index is -0.816. The monoisotopic (exact) mass is 704 g/mol. The van der Waals surface area contributed by atoms with Gasteiger partial charge in [0.25, 0.3) is 0 Å². The van der Waals surface area contributed by atoms with Crippen molar-refractivity contribution < 1.29 is 23.5 Å². The molecule has 0 radical (unpaired) electrons. The minimum Gasteiger partial charge on any atom is -0.371 e. The number of hydrogen-bond donors (Lipinski definition) is 0. The van der Waals surface area contributed by atoms with Crippen molar-refractivity contribution in [3.63, 3.8) is 0 Å². The van der Waals surface area contributed by atoms with Gasteiger partial charge in [0, 0.05) is 61.6 Å². The summed E-state index contributed by atoms with van der Waals surface area (Å²) in [6.45, 7) is 8.63. The molecule has 0 N–H and O–H groups in total. The molecule has 0 aliphatic carbocycles. The molecule has 0 aromatic heterocycles. The number of amides is 1. The number of likely N-dealkylation sites (tertiary alicyclic amines) is 1. The Kier molecular flexibility index (Phi) is 9.76. The molecule has 272 valence electrons. The standard InChI is InChI=1S/C43H49FN4O4/c1-32(49)34-8-9-36-29-40(15-10-35(36)28-34)46-22-16-33(17-23-46)30-47-31-48(39-6-3-2-4-7-39)42(41(47)50)19-24-45(25-20-42)21-5-18-43(51-26-27-52-43)37-11-13-38(44)14-12-37/h2-4,6-15,28-29,33H,5,16-27,30-31H2,1H3. The Hall–Kier alpha value is -4.31. The van der Waals surface area contributed by atoms with Crippen molar-refractivity contribution in [2.45, 2.75) is 56.8 Å². The van der Waals surface area contributed by atoms with Crippen LogP contribution in [-0.4, -0.2) is 86.2 Å². The number of benzene rings is 4. The quantitative estimate of drug-likeness (QED) is 0.162. The number of anilines is 2. The number of ether oxygens (including phenoxy) is 2. The van der Waals surface area contributed by atoms with Gasteiger partial charge in [-0.3, -0.25) is 9.59 Å². The molecule has 4 saturated heterocycles. The molecule has 4 aliphatic rings. The van der Waals surface area contributed by atoms with E-state index in [2.05, 4.69) is 62.1 Å². The second-order valence-electron chi connectivity index (χ2n) is 15.1. The summed E-state index contributed by atoms with van der Waals surface area (Å²) >= 11 is 0. The maximum absolute atomic E-state index is 14.5. The Morgan fingerprint density at radius 2 is 1.52 bits per heavy atom. The zero-order valence-electron chi connectivity index (χ0n) is 30.1. The lowest BCUT2D eigenvalue weighted by Crippen LogP contribution is -2.56. The molecule has 4 aromatic carbocycles. The highest BCUT2D eigenvalue weighted by atomic mass is 19.1. The molecule has 1 amide bonds. The van der Waals surface area contributed by atoms with Crippen LogP contribution in [-0.2, 0) is 20.1 Å². The van der Waals surface area contributed by atoms with Gasteiger partial charge in [0.15, 0.2) is 11.6 Å². The molecule has 0 saturated carbocycles. The number of rotatable bonds is 10. The number of piperidine rings is 2. The van der Waals surface area contributed by atoms with Gasteiger partial charge in [-0.2, -0.15) is 0 Å². The number of halogens is 1. The molecule has 0 bridgehead atoms. The Bertz CT molecular complexity index is 1880. The Labute approximate surface area is 306 Å². The molecule has 52 heavy (non-hydrogen) atoms.